The number of fused-ring (bicyclic) bond motifs is 2. The summed E-state index contributed by atoms with van der Waals surface area (Å²) in [7, 11) is 0. The Morgan fingerprint density at radius 2 is 2.04 bits per heavy atom. The Kier molecular flexibility index (Phi) is 4.89. The van der Waals surface area contributed by atoms with Crippen molar-refractivity contribution in [2.24, 2.45) is 0 Å². The summed E-state index contributed by atoms with van der Waals surface area (Å²) in [5.74, 6) is 0.741. The van der Waals surface area contributed by atoms with Gasteiger partial charge in [0.1, 0.15) is 12.4 Å². The number of hydrogen-bond acceptors (Lipinski definition) is 4. The summed E-state index contributed by atoms with van der Waals surface area (Å²) in [5, 5.41) is 6.82. The minimum atomic E-state index is 0.00940. The van der Waals surface area contributed by atoms with Crippen LogP contribution in [-0.4, -0.2) is 29.0 Å². The fourth-order valence-corrected chi connectivity index (χ4v) is 3.95. The van der Waals surface area contributed by atoms with Gasteiger partial charge in [-0.3, -0.25) is 9.78 Å². The minimum absolute atomic E-state index is 0.00940. The van der Waals surface area contributed by atoms with Gasteiger partial charge in [0.25, 0.3) is 5.91 Å². The molecule has 0 radical (unpaired) electrons. The van der Waals surface area contributed by atoms with Crippen molar-refractivity contribution in [3.05, 3.63) is 59.4 Å². The van der Waals surface area contributed by atoms with Crippen molar-refractivity contribution in [1.29, 1.82) is 0 Å². The summed E-state index contributed by atoms with van der Waals surface area (Å²) in [6.07, 6.45) is 6.25. The first kappa shape index (κ1) is 17.0. The molecule has 0 spiro atoms. The Hall–Kier alpha value is -2.40. The monoisotopic (exact) mass is 351 g/mol. The molecular formula is C21H25N3O2. The second kappa shape index (κ2) is 7.46. The van der Waals surface area contributed by atoms with E-state index in [1.54, 1.807) is 6.20 Å². The molecule has 0 saturated carbocycles. The van der Waals surface area contributed by atoms with E-state index in [0.29, 0.717) is 24.3 Å². The van der Waals surface area contributed by atoms with Gasteiger partial charge in [0.15, 0.2) is 0 Å². The molecule has 2 aliphatic heterocycles. The predicted octanol–water partition coefficient (Wildman–Crippen LogP) is 2.98. The van der Waals surface area contributed by atoms with Gasteiger partial charge in [0.2, 0.25) is 0 Å². The Balaban J connectivity index is 1.35. The molecule has 3 heterocycles. The third-order valence-electron chi connectivity index (χ3n) is 5.29. The Bertz CT molecular complexity index is 763. The lowest BCUT2D eigenvalue weighted by Gasteiger charge is -2.29. The number of piperidine rings is 1. The SMILES string of the molecule is Cc1ccc(OCc2cccc(C(=O)NC3CC4CCC(C3)N4)c2)cn1. The van der Waals surface area contributed by atoms with Crippen LogP contribution in [0.5, 0.6) is 5.75 Å². The van der Waals surface area contributed by atoms with Gasteiger partial charge in [0, 0.05) is 29.4 Å². The largest absolute Gasteiger partial charge is 0.487 e. The lowest BCUT2D eigenvalue weighted by atomic mass is 9.99. The number of aromatic nitrogens is 1. The molecule has 5 nitrogen and oxygen atoms in total. The highest BCUT2D eigenvalue weighted by molar-refractivity contribution is 5.94. The molecule has 2 saturated heterocycles. The smallest absolute Gasteiger partial charge is 0.251 e. The second-order valence-electron chi connectivity index (χ2n) is 7.40. The summed E-state index contributed by atoms with van der Waals surface area (Å²) in [6, 6.07) is 12.9. The highest BCUT2D eigenvalue weighted by Crippen LogP contribution is 2.27. The summed E-state index contributed by atoms with van der Waals surface area (Å²) in [4.78, 5) is 16.9. The maximum Gasteiger partial charge on any atom is 0.251 e. The van der Waals surface area contributed by atoms with Crippen molar-refractivity contribution in [3.63, 3.8) is 0 Å². The van der Waals surface area contributed by atoms with E-state index < -0.39 is 0 Å². The molecule has 26 heavy (non-hydrogen) atoms. The van der Waals surface area contributed by atoms with E-state index in [2.05, 4.69) is 15.6 Å². The Labute approximate surface area is 154 Å². The molecule has 4 rings (SSSR count). The van der Waals surface area contributed by atoms with Gasteiger partial charge < -0.3 is 15.4 Å². The topological polar surface area (TPSA) is 63.2 Å². The molecule has 0 aliphatic carbocycles. The van der Waals surface area contributed by atoms with Crippen LogP contribution in [0.1, 0.15) is 47.3 Å². The highest BCUT2D eigenvalue weighted by atomic mass is 16.5. The van der Waals surface area contributed by atoms with Crippen LogP contribution >= 0.6 is 0 Å². The number of nitrogens with one attached hydrogen (secondary N) is 2. The van der Waals surface area contributed by atoms with Crippen molar-refractivity contribution in [2.75, 3.05) is 0 Å². The molecule has 2 N–H and O–H groups in total. The van der Waals surface area contributed by atoms with Crippen LogP contribution in [-0.2, 0) is 6.61 Å². The molecule has 2 aliphatic rings. The predicted molar refractivity (Wildman–Crippen MR) is 100 cm³/mol. The standard InChI is InChI=1S/C21H25N3O2/c1-14-5-8-20(12-22-14)26-13-15-3-2-4-16(9-15)21(25)24-19-10-17-6-7-18(11-19)23-17/h2-5,8-9,12,17-19,23H,6-7,10-11,13H2,1H3,(H,24,25). The molecule has 1 aromatic heterocycles. The third-order valence-corrected chi connectivity index (χ3v) is 5.29. The molecule has 2 atom stereocenters. The summed E-state index contributed by atoms with van der Waals surface area (Å²) in [6.45, 7) is 2.36. The van der Waals surface area contributed by atoms with Gasteiger partial charge in [-0.25, -0.2) is 0 Å². The lowest BCUT2D eigenvalue weighted by molar-refractivity contribution is 0.0924. The number of aryl methyl sites for hydroxylation is 1. The molecule has 136 valence electrons. The van der Waals surface area contributed by atoms with Crippen LogP contribution < -0.4 is 15.4 Å². The molecular weight excluding hydrogens is 326 g/mol. The number of amides is 1. The fraction of sp³-hybridized carbons (Fsp3) is 0.429. The number of pyridine rings is 1. The van der Waals surface area contributed by atoms with Crippen LogP contribution in [0, 0.1) is 6.92 Å². The van der Waals surface area contributed by atoms with Gasteiger partial charge in [-0.15, -0.1) is 0 Å². The maximum atomic E-state index is 12.6. The third kappa shape index (κ3) is 4.05. The average Bonchev–Trinajstić information content (AvgIpc) is 3.00. The van der Waals surface area contributed by atoms with Gasteiger partial charge in [-0.2, -0.15) is 0 Å². The van der Waals surface area contributed by atoms with E-state index in [9.17, 15) is 4.79 Å². The number of rotatable bonds is 5. The van der Waals surface area contributed by atoms with Crippen molar-refractivity contribution in [2.45, 2.75) is 57.3 Å². The van der Waals surface area contributed by atoms with E-state index in [0.717, 1.165) is 29.8 Å². The zero-order chi connectivity index (χ0) is 17.9. The minimum Gasteiger partial charge on any atom is -0.487 e. The maximum absolute atomic E-state index is 12.6. The van der Waals surface area contributed by atoms with E-state index in [4.69, 9.17) is 4.74 Å². The second-order valence-corrected chi connectivity index (χ2v) is 7.40. The van der Waals surface area contributed by atoms with E-state index in [1.165, 1.54) is 12.8 Å². The molecule has 2 fully saturated rings. The number of carbonyl (C=O) groups excluding carboxylic acids is 1. The normalized spacial score (nSPS) is 24.3. The lowest BCUT2D eigenvalue weighted by Crippen LogP contribution is -2.48. The van der Waals surface area contributed by atoms with Gasteiger partial charge in [0.05, 0.1) is 6.20 Å². The zero-order valence-electron chi connectivity index (χ0n) is 15.1. The van der Waals surface area contributed by atoms with Crippen molar-refractivity contribution in [3.8, 4) is 5.75 Å². The van der Waals surface area contributed by atoms with E-state index in [1.807, 2.05) is 43.3 Å². The van der Waals surface area contributed by atoms with E-state index >= 15 is 0 Å². The highest BCUT2D eigenvalue weighted by Gasteiger charge is 2.34. The number of ether oxygens (including phenoxy) is 1. The molecule has 2 aromatic rings. The number of benzene rings is 1. The van der Waals surface area contributed by atoms with Crippen LogP contribution in [0.3, 0.4) is 0 Å². The van der Waals surface area contributed by atoms with Gasteiger partial charge in [-0.1, -0.05) is 12.1 Å². The van der Waals surface area contributed by atoms with Gasteiger partial charge in [-0.05, 0) is 62.4 Å². The van der Waals surface area contributed by atoms with Crippen LogP contribution in [0.15, 0.2) is 42.6 Å². The molecule has 1 aromatic carbocycles. The number of hydrogen-bond donors (Lipinski definition) is 2. The first-order chi connectivity index (χ1) is 12.7. The zero-order valence-corrected chi connectivity index (χ0v) is 15.1. The average molecular weight is 351 g/mol. The fourth-order valence-electron chi connectivity index (χ4n) is 3.95. The van der Waals surface area contributed by atoms with Crippen molar-refractivity contribution < 1.29 is 9.53 Å². The van der Waals surface area contributed by atoms with Gasteiger partial charge >= 0.3 is 0 Å². The first-order valence-corrected chi connectivity index (χ1v) is 9.37. The summed E-state index contributed by atoms with van der Waals surface area (Å²) >= 11 is 0. The Morgan fingerprint density at radius 3 is 2.77 bits per heavy atom. The van der Waals surface area contributed by atoms with Crippen molar-refractivity contribution >= 4 is 5.91 Å². The van der Waals surface area contributed by atoms with E-state index in [-0.39, 0.29) is 11.9 Å². The quantitative estimate of drug-likeness (QED) is 0.869. The molecule has 1 amide bonds. The van der Waals surface area contributed by atoms with Crippen LogP contribution in [0.4, 0.5) is 0 Å². The molecule has 2 unspecified atom stereocenters. The Morgan fingerprint density at radius 1 is 1.23 bits per heavy atom. The summed E-state index contributed by atoms with van der Waals surface area (Å²) < 4.78 is 5.77. The van der Waals surface area contributed by atoms with Crippen LogP contribution in [0.2, 0.25) is 0 Å². The first-order valence-electron chi connectivity index (χ1n) is 9.37. The van der Waals surface area contributed by atoms with Crippen molar-refractivity contribution in [1.82, 2.24) is 15.6 Å². The van der Waals surface area contributed by atoms with Crippen LogP contribution in [0.25, 0.3) is 0 Å². The summed E-state index contributed by atoms with van der Waals surface area (Å²) in [5.41, 5.74) is 2.63. The molecule has 2 bridgehead atoms. The number of nitrogens with zero attached hydrogens (tertiary/aromatic N) is 1. The molecule has 5 heteroatoms. The number of carbonyl (C=O) groups is 1.